The summed E-state index contributed by atoms with van der Waals surface area (Å²) in [4.78, 5) is 33.0. The van der Waals surface area contributed by atoms with Crippen molar-refractivity contribution in [2.45, 2.75) is 46.0 Å². The Balaban J connectivity index is 4.97. The smallest absolute Gasteiger partial charge is 0.303 e. The van der Waals surface area contributed by atoms with Crippen molar-refractivity contribution in [2.75, 3.05) is 6.61 Å². The number of hydrogen-bond acceptors (Lipinski definition) is 7. The first-order valence-electron chi connectivity index (χ1n) is 6.02. The number of ether oxygens (including phenoxy) is 4. The van der Waals surface area contributed by atoms with E-state index in [0.717, 1.165) is 6.26 Å². The van der Waals surface area contributed by atoms with E-state index in [-0.39, 0.29) is 6.61 Å². The summed E-state index contributed by atoms with van der Waals surface area (Å²) in [6, 6.07) is 0. The predicted octanol–water partition coefficient (Wildman–Crippen LogP) is 0.962. The quantitative estimate of drug-likeness (QED) is 0.373. The number of hydrogen-bond donors (Lipinski definition) is 0. The molecule has 0 N–H and O–H groups in total. The zero-order valence-corrected chi connectivity index (χ0v) is 12.1. The van der Waals surface area contributed by atoms with Gasteiger partial charge in [-0.05, 0) is 6.92 Å². The van der Waals surface area contributed by atoms with Gasteiger partial charge in [-0.3, -0.25) is 14.4 Å². The Bertz CT molecular complexity index is 364. The molecule has 3 unspecified atom stereocenters. The molecule has 0 aromatic carbocycles. The van der Waals surface area contributed by atoms with Crippen LogP contribution in [0.3, 0.4) is 0 Å². The first-order chi connectivity index (χ1) is 9.27. The minimum absolute atomic E-state index is 0.162. The summed E-state index contributed by atoms with van der Waals surface area (Å²) in [7, 11) is 0. The van der Waals surface area contributed by atoms with Gasteiger partial charge in [0.05, 0.1) is 6.26 Å². The summed E-state index contributed by atoms with van der Waals surface area (Å²) in [5.41, 5.74) is 0. The molecule has 0 spiro atoms. The van der Waals surface area contributed by atoms with Crippen LogP contribution in [0.5, 0.6) is 0 Å². The first-order valence-corrected chi connectivity index (χ1v) is 6.02. The van der Waals surface area contributed by atoms with Gasteiger partial charge in [-0.25, -0.2) is 0 Å². The van der Waals surface area contributed by atoms with Crippen molar-refractivity contribution >= 4 is 17.9 Å². The normalized spacial score (nSPS) is 14.4. The van der Waals surface area contributed by atoms with Gasteiger partial charge >= 0.3 is 17.9 Å². The highest BCUT2D eigenvalue weighted by molar-refractivity contribution is 5.67. The van der Waals surface area contributed by atoms with Gasteiger partial charge in [0.1, 0.15) is 12.7 Å². The molecule has 0 aromatic heterocycles. The molecule has 3 atom stereocenters. The highest BCUT2D eigenvalue weighted by Gasteiger charge is 2.33. The van der Waals surface area contributed by atoms with Gasteiger partial charge in [0, 0.05) is 20.8 Å². The van der Waals surface area contributed by atoms with Gasteiger partial charge in [0.2, 0.25) is 0 Å². The van der Waals surface area contributed by atoms with E-state index in [1.807, 2.05) is 0 Å². The van der Waals surface area contributed by atoms with E-state index in [1.165, 1.54) is 20.8 Å². The second kappa shape index (κ2) is 8.95. The molecule has 7 nitrogen and oxygen atoms in total. The van der Waals surface area contributed by atoms with Gasteiger partial charge in [-0.15, -0.1) is 0 Å². The Kier molecular flexibility index (Phi) is 8.03. The lowest BCUT2D eigenvalue weighted by molar-refractivity contribution is -0.178. The van der Waals surface area contributed by atoms with Crippen molar-refractivity contribution in [1.82, 2.24) is 0 Å². The van der Waals surface area contributed by atoms with Crippen molar-refractivity contribution in [3.05, 3.63) is 12.8 Å². The van der Waals surface area contributed by atoms with Gasteiger partial charge in [0.15, 0.2) is 12.2 Å². The van der Waals surface area contributed by atoms with Crippen molar-refractivity contribution in [3.8, 4) is 0 Å². The molecule has 0 saturated carbocycles. The fourth-order valence-corrected chi connectivity index (χ4v) is 1.53. The topological polar surface area (TPSA) is 88.1 Å². The first kappa shape index (κ1) is 17.9. The lowest BCUT2D eigenvalue weighted by Crippen LogP contribution is -2.44. The highest BCUT2D eigenvalue weighted by Crippen LogP contribution is 2.14. The Labute approximate surface area is 117 Å². The fraction of sp³-hybridized carbons (Fsp3) is 0.615. The van der Waals surface area contributed by atoms with Crippen LogP contribution in [-0.2, 0) is 33.3 Å². The van der Waals surface area contributed by atoms with Crippen LogP contribution in [0.1, 0.15) is 27.7 Å². The van der Waals surface area contributed by atoms with Crippen LogP contribution in [-0.4, -0.2) is 42.8 Å². The maximum atomic E-state index is 11.1. The Morgan fingerprint density at radius 3 is 2.00 bits per heavy atom. The van der Waals surface area contributed by atoms with Crippen molar-refractivity contribution in [3.63, 3.8) is 0 Å². The van der Waals surface area contributed by atoms with E-state index >= 15 is 0 Å². The predicted molar refractivity (Wildman–Crippen MR) is 68.5 cm³/mol. The molecule has 0 bridgehead atoms. The summed E-state index contributed by atoms with van der Waals surface area (Å²) in [5, 5.41) is 0. The summed E-state index contributed by atoms with van der Waals surface area (Å²) in [6.45, 7) is 8.46. The average molecular weight is 288 g/mol. The second-order valence-corrected chi connectivity index (χ2v) is 4.03. The van der Waals surface area contributed by atoms with Crippen LogP contribution >= 0.6 is 0 Å². The van der Waals surface area contributed by atoms with E-state index in [1.54, 1.807) is 6.92 Å². The molecule has 0 amide bonds. The van der Waals surface area contributed by atoms with Gasteiger partial charge in [0.25, 0.3) is 0 Å². The van der Waals surface area contributed by atoms with E-state index < -0.39 is 36.2 Å². The van der Waals surface area contributed by atoms with Crippen LogP contribution in [0.15, 0.2) is 12.8 Å². The number of esters is 3. The van der Waals surface area contributed by atoms with Crippen LogP contribution in [0.4, 0.5) is 0 Å². The van der Waals surface area contributed by atoms with Crippen LogP contribution < -0.4 is 0 Å². The summed E-state index contributed by atoms with van der Waals surface area (Å²) >= 11 is 0. The fourth-order valence-electron chi connectivity index (χ4n) is 1.53. The molecule has 0 fully saturated rings. The molecule has 0 rings (SSSR count). The number of carbonyl (C=O) groups excluding carboxylic acids is 3. The summed E-state index contributed by atoms with van der Waals surface area (Å²) in [6.07, 6.45) is -1.38. The molecular formula is C13H20O7. The standard InChI is InChI=1S/C13H20O7/c1-6-17-12(7-18-9(3)14)13(20-11(5)16)8(2)19-10(4)15/h6,8,12-13H,1,7H2,2-5H3. The molecule has 20 heavy (non-hydrogen) atoms. The van der Waals surface area contributed by atoms with E-state index in [4.69, 9.17) is 18.9 Å². The molecule has 0 aromatic rings. The summed E-state index contributed by atoms with van der Waals surface area (Å²) < 4.78 is 20.1. The second-order valence-electron chi connectivity index (χ2n) is 4.03. The minimum atomic E-state index is -0.922. The van der Waals surface area contributed by atoms with Gasteiger partial charge < -0.3 is 18.9 Å². The third-order valence-electron chi connectivity index (χ3n) is 2.20. The summed E-state index contributed by atoms with van der Waals surface area (Å²) in [5.74, 6) is -1.61. The molecular weight excluding hydrogens is 268 g/mol. The van der Waals surface area contributed by atoms with Crippen LogP contribution in [0.25, 0.3) is 0 Å². The number of rotatable bonds is 8. The Morgan fingerprint density at radius 2 is 1.60 bits per heavy atom. The van der Waals surface area contributed by atoms with E-state index in [0.29, 0.717) is 0 Å². The molecule has 0 aliphatic rings. The van der Waals surface area contributed by atoms with Crippen LogP contribution in [0, 0.1) is 0 Å². The average Bonchev–Trinajstić information content (AvgIpc) is 2.30. The van der Waals surface area contributed by atoms with Crippen LogP contribution in [0.2, 0.25) is 0 Å². The lowest BCUT2D eigenvalue weighted by Gasteiger charge is -2.29. The maximum Gasteiger partial charge on any atom is 0.303 e. The number of carbonyl (C=O) groups is 3. The lowest BCUT2D eigenvalue weighted by atomic mass is 10.1. The van der Waals surface area contributed by atoms with Crippen molar-refractivity contribution in [1.29, 1.82) is 0 Å². The minimum Gasteiger partial charge on any atom is -0.491 e. The zero-order chi connectivity index (χ0) is 15.7. The Hall–Kier alpha value is -2.05. The zero-order valence-electron chi connectivity index (χ0n) is 12.1. The largest absolute Gasteiger partial charge is 0.491 e. The molecule has 0 saturated heterocycles. The SMILES string of the molecule is C=COC(COC(C)=O)C(OC(C)=O)C(C)OC(C)=O. The monoisotopic (exact) mass is 288 g/mol. The van der Waals surface area contributed by atoms with E-state index in [9.17, 15) is 14.4 Å². The molecule has 0 aliphatic carbocycles. The van der Waals surface area contributed by atoms with Gasteiger partial charge in [-0.1, -0.05) is 6.58 Å². The molecule has 0 radical (unpaired) electrons. The highest BCUT2D eigenvalue weighted by atomic mass is 16.6. The van der Waals surface area contributed by atoms with E-state index in [2.05, 4.69) is 6.58 Å². The van der Waals surface area contributed by atoms with Crippen molar-refractivity contribution in [2.24, 2.45) is 0 Å². The molecule has 7 heteroatoms. The third kappa shape index (κ3) is 7.40. The maximum absolute atomic E-state index is 11.1. The van der Waals surface area contributed by atoms with Gasteiger partial charge in [-0.2, -0.15) is 0 Å². The third-order valence-corrected chi connectivity index (χ3v) is 2.20. The molecule has 114 valence electrons. The molecule has 0 aliphatic heterocycles. The Morgan fingerprint density at radius 1 is 1.05 bits per heavy atom. The van der Waals surface area contributed by atoms with Crippen molar-refractivity contribution < 1.29 is 33.3 Å². The molecule has 0 heterocycles.